The molecule has 2 amide bonds. The van der Waals surface area contributed by atoms with Crippen molar-refractivity contribution in [3.05, 3.63) is 28.5 Å². The summed E-state index contributed by atoms with van der Waals surface area (Å²) in [5, 5.41) is 0. The van der Waals surface area contributed by atoms with Crippen molar-refractivity contribution in [3.8, 4) is 0 Å². The number of carbonyl (C=O) groups excluding carboxylic acids is 2. The van der Waals surface area contributed by atoms with E-state index in [0.29, 0.717) is 6.54 Å². The summed E-state index contributed by atoms with van der Waals surface area (Å²) < 4.78 is 0.903. The number of rotatable bonds is 2. The van der Waals surface area contributed by atoms with Crippen LogP contribution in [0.1, 0.15) is 25.0 Å². The molecule has 3 rings (SSSR count). The van der Waals surface area contributed by atoms with E-state index in [1.54, 1.807) is 16.0 Å². The minimum atomic E-state index is -0.250. The second kappa shape index (κ2) is 5.52. The summed E-state index contributed by atoms with van der Waals surface area (Å²) in [6.45, 7) is 1.30. The standard InChI is InChI=1S/C14H16BrN3O2/c15-10-4-5-11(16-7-10)8-17-9-13(19)18-6-2-1-3-12(18)14(17)20/h4-5,7,12H,1-3,6,8-9H2. The van der Waals surface area contributed by atoms with Crippen LogP contribution in [0.5, 0.6) is 0 Å². The predicted octanol–water partition coefficient (Wildman–Crippen LogP) is 1.57. The summed E-state index contributed by atoms with van der Waals surface area (Å²) in [5.41, 5.74) is 0.804. The van der Waals surface area contributed by atoms with Gasteiger partial charge in [0.25, 0.3) is 0 Å². The van der Waals surface area contributed by atoms with Crippen molar-refractivity contribution in [1.29, 1.82) is 0 Å². The van der Waals surface area contributed by atoms with Gasteiger partial charge in [-0.1, -0.05) is 0 Å². The van der Waals surface area contributed by atoms with Gasteiger partial charge < -0.3 is 9.80 Å². The van der Waals surface area contributed by atoms with Gasteiger partial charge in [0.05, 0.1) is 12.2 Å². The zero-order chi connectivity index (χ0) is 14.1. The molecular formula is C14H16BrN3O2. The van der Waals surface area contributed by atoms with Crippen LogP contribution in [0.15, 0.2) is 22.8 Å². The highest BCUT2D eigenvalue weighted by molar-refractivity contribution is 9.10. The highest BCUT2D eigenvalue weighted by Gasteiger charge is 2.40. The van der Waals surface area contributed by atoms with E-state index < -0.39 is 0 Å². The van der Waals surface area contributed by atoms with E-state index in [-0.39, 0.29) is 24.4 Å². The number of piperazine rings is 1. The molecule has 1 aromatic heterocycles. The number of amides is 2. The van der Waals surface area contributed by atoms with Gasteiger partial charge in [0.1, 0.15) is 12.6 Å². The van der Waals surface area contributed by atoms with Crippen molar-refractivity contribution in [2.24, 2.45) is 0 Å². The van der Waals surface area contributed by atoms with Gasteiger partial charge >= 0.3 is 0 Å². The first kappa shape index (κ1) is 13.5. The molecule has 2 aliphatic heterocycles. The fourth-order valence-electron chi connectivity index (χ4n) is 2.86. The van der Waals surface area contributed by atoms with E-state index in [0.717, 1.165) is 36.0 Å². The Hall–Kier alpha value is -1.43. The number of aromatic nitrogens is 1. The molecule has 2 saturated heterocycles. The molecule has 106 valence electrons. The van der Waals surface area contributed by atoms with Crippen molar-refractivity contribution in [2.45, 2.75) is 31.8 Å². The van der Waals surface area contributed by atoms with Crippen LogP contribution in [0.3, 0.4) is 0 Å². The third kappa shape index (κ3) is 2.57. The van der Waals surface area contributed by atoms with Crippen molar-refractivity contribution >= 4 is 27.7 Å². The lowest BCUT2D eigenvalue weighted by atomic mass is 9.98. The summed E-state index contributed by atoms with van der Waals surface area (Å²) in [7, 11) is 0. The summed E-state index contributed by atoms with van der Waals surface area (Å²) in [5.74, 6) is 0.125. The van der Waals surface area contributed by atoms with Gasteiger partial charge in [-0.05, 0) is 47.3 Å². The van der Waals surface area contributed by atoms with E-state index >= 15 is 0 Å². The number of halogens is 1. The minimum Gasteiger partial charge on any atom is -0.329 e. The lowest BCUT2D eigenvalue weighted by Crippen LogP contribution is -2.60. The third-order valence-electron chi connectivity index (χ3n) is 3.89. The van der Waals surface area contributed by atoms with Crippen LogP contribution in [0, 0.1) is 0 Å². The molecule has 0 spiro atoms. The number of fused-ring (bicyclic) bond motifs is 1. The fraction of sp³-hybridized carbons (Fsp3) is 0.500. The van der Waals surface area contributed by atoms with Gasteiger partial charge in [0.2, 0.25) is 11.8 Å². The highest BCUT2D eigenvalue weighted by Crippen LogP contribution is 2.24. The Morgan fingerprint density at radius 1 is 1.30 bits per heavy atom. The fourth-order valence-corrected chi connectivity index (χ4v) is 3.09. The average molecular weight is 338 g/mol. The monoisotopic (exact) mass is 337 g/mol. The van der Waals surface area contributed by atoms with E-state index in [1.165, 1.54) is 0 Å². The van der Waals surface area contributed by atoms with Gasteiger partial charge in [0, 0.05) is 17.2 Å². The normalized spacial score (nSPS) is 22.9. The van der Waals surface area contributed by atoms with E-state index in [4.69, 9.17) is 0 Å². The first-order valence-electron chi connectivity index (χ1n) is 6.84. The van der Waals surface area contributed by atoms with Crippen LogP contribution >= 0.6 is 15.9 Å². The highest BCUT2D eigenvalue weighted by atomic mass is 79.9. The molecule has 0 aromatic carbocycles. The Labute approximate surface area is 126 Å². The molecular weight excluding hydrogens is 322 g/mol. The van der Waals surface area contributed by atoms with Crippen LogP contribution in [0.4, 0.5) is 0 Å². The Morgan fingerprint density at radius 3 is 2.90 bits per heavy atom. The number of piperidine rings is 1. The lowest BCUT2D eigenvalue weighted by molar-refractivity contribution is -0.158. The number of nitrogens with zero attached hydrogens (tertiary/aromatic N) is 3. The smallest absolute Gasteiger partial charge is 0.246 e. The van der Waals surface area contributed by atoms with E-state index in [1.807, 2.05) is 12.1 Å². The molecule has 1 unspecified atom stereocenters. The molecule has 2 aliphatic rings. The van der Waals surface area contributed by atoms with Crippen LogP contribution in [-0.2, 0) is 16.1 Å². The van der Waals surface area contributed by atoms with Crippen molar-refractivity contribution in [2.75, 3.05) is 13.1 Å². The molecule has 1 aromatic rings. The summed E-state index contributed by atoms with van der Waals surface area (Å²) in [4.78, 5) is 32.3. The molecule has 0 N–H and O–H groups in total. The molecule has 1 atom stereocenters. The number of hydrogen-bond acceptors (Lipinski definition) is 3. The second-order valence-corrected chi connectivity index (χ2v) is 6.18. The van der Waals surface area contributed by atoms with E-state index in [2.05, 4.69) is 20.9 Å². The molecule has 2 fully saturated rings. The largest absolute Gasteiger partial charge is 0.329 e. The van der Waals surface area contributed by atoms with Crippen LogP contribution in [0.25, 0.3) is 0 Å². The zero-order valence-corrected chi connectivity index (χ0v) is 12.7. The number of hydrogen-bond donors (Lipinski definition) is 0. The third-order valence-corrected chi connectivity index (χ3v) is 4.36. The molecule has 5 nitrogen and oxygen atoms in total. The van der Waals surface area contributed by atoms with Gasteiger partial charge in [-0.25, -0.2) is 0 Å². The molecule has 0 saturated carbocycles. The Kier molecular flexibility index (Phi) is 3.74. The van der Waals surface area contributed by atoms with Crippen molar-refractivity contribution < 1.29 is 9.59 Å². The predicted molar refractivity (Wildman–Crippen MR) is 76.7 cm³/mol. The van der Waals surface area contributed by atoms with Gasteiger partial charge in [-0.15, -0.1) is 0 Å². The summed E-state index contributed by atoms with van der Waals surface area (Å²) in [6.07, 6.45) is 4.52. The van der Waals surface area contributed by atoms with Gasteiger partial charge in [0.15, 0.2) is 0 Å². The zero-order valence-electron chi connectivity index (χ0n) is 11.1. The van der Waals surface area contributed by atoms with Gasteiger partial charge in [-0.2, -0.15) is 0 Å². The van der Waals surface area contributed by atoms with Crippen molar-refractivity contribution in [3.63, 3.8) is 0 Å². The number of carbonyl (C=O) groups is 2. The quantitative estimate of drug-likeness (QED) is 0.823. The second-order valence-electron chi connectivity index (χ2n) is 5.26. The number of pyridine rings is 1. The first-order chi connectivity index (χ1) is 9.65. The SMILES string of the molecule is O=C1C2CCCCN2C(=O)CN1Cc1ccc(Br)cn1. The topological polar surface area (TPSA) is 53.5 Å². The lowest BCUT2D eigenvalue weighted by Gasteiger charge is -2.42. The summed E-state index contributed by atoms with van der Waals surface area (Å²) in [6, 6.07) is 3.51. The van der Waals surface area contributed by atoms with Crippen LogP contribution in [-0.4, -0.2) is 45.7 Å². The first-order valence-corrected chi connectivity index (χ1v) is 7.63. The average Bonchev–Trinajstić information content (AvgIpc) is 2.47. The maximum absolute atomic E-state index is 12.5. The summed E-state index contributed by atoms with van der Waals surface area (Å²) >= 11 is 3.33. The van der Waals surface area contributed by atoms with Crippen LogP contribution in [0.2, 0.25) is 0 Å². The van der Waals surface area contributed by atoms with Crippen molar-refractivity contribution in [1.82, 2.24) is 14.8 Å². The van der Waals surface area contributed by atoms with Crippen LogP contribution < -0.4 is 0 Å². The molecule has 0 radical (unpaired) electrons. The molecule has 0 aliphatic carbocycles. The maximum atomic E-state index is 12.5. The molecule has 3 heterocycles. The Morgan fingerprint density at radius 2 is 2.15 bits per heavy atom. The molecule has 0 bridgehead atoms. The maximum Gasteiger partial charge on any atom is 0.246 e. The Balaban J connectivity index is 1.75. The van der Waals surface area contributed by atoms with Gasteiger partial charge in [-0.3, -0.25) is 14.6 Å². The van der Waals surface area contributed by atoms with E-state index in [9.17, 15) is 9.59 Å². The molecule has 6 heteroatoms. The molecule has 20 heavy (non-hydrogen) atoms. The minimum absolute atomic E-state index is 0.0615. The Bertz CT molecular complexity index is 532.